The number of likely N-dealkylation sites (tertiary alicyclic amines) is 1. The summed E-state index contributed by atoms with van der Waals surface area (Å²) in [5.41, 5.74) is 0.836. The molecule has 0 aliphatic carbocycles. The van der Waals surface area contributed by atoms with Crippen LogP contribution in [-0.4, -0.2) is 40.7 Å². The Kier molecular flexibility index (Phi) is 4.19. The summed E-state index contributed by atoms with van der Waals surface area (Å²) in [5, 5.41) is 11.8. The van der Waals surface area contributed by atoms with Gasteiger partial charge >= 0.3 is 6.03 Å². The lowest BCUT2D eigenvalue weighted by Crippen LogP contribution is -2.33. The highest BCUT2D eigenvalue weighted by molar-refractivity contribution is 9.10. The topological polar surface area (TPSA) is 65.5 Å². The summed E-state index contributed by atoms with van der Waals surface area (Å²) in [6.45, 7) is 3.31. The Morgan fingerprint density at radius 2 is 2.44 bits per heavy atom. The minimum atomic E-state index is -0.153. The number of aliphatic hydroxyl groups excluding tert-OH is 1. The van der Waals surface area contributed by atoms with E-state index in [4.69, 9.17) is 5.11 Å². The molecule has 1 aromatic rings. The zero-order chi connectivity index (χ0) is 13.1. The first-order valence-electron chi connectivity index (χ1n) is 5.90. The maximum absolute atomic E-state index is 12.0. The molecule has 0 radical (unpaired) electrons. The maximum atomic E-state index is 12.0. The number of halogens is 1. The maximum Gasteiger partial charge on any atom is 0.323 e. The number of anilines is 1. The third kappa shape index (κ3) is 3.00. The molecule has 2 N–H and O–H groups in total. The summed E-state index contributed by atoms with van der Waals surface area (Å²) in [5.74, 6) is 0.753. The van der Waals surface area contributed by atoms with Gasteiger partial charge < -0.3 is 10.0 Å². The first-order valence-corrected chi connectivity index (χ1v) is 6.69. The monoisotopic (exact) mass is 313 g/mol. The Bertz CT molecular complexity index is 453. The average molecular weight is 314 g/mol. The number of nitrogens with zero attached hydrogens (tertiary/aromatic N) is 2. The minimum Gasteiger partial charge on any atom is -0.396 e. The third-order valence-corrected chi connectivity index (χ3v) is 3.93. The Hall–Kier alpha value is -1.14. The summed E-state index contributed by atoms with van der Waals surface area (Å²) in [6, 6.07) is 3.47. The van der Waals surface area contributed by atoms with E-state index in [0.717, 1.165) is 16.6 Å². The molecule has 0 spiro atoms. The molecular formula is C12H16BrN3O2. The number of hydrogen-bond acceptors (Lipinski definition) is 3. The number of carbonyl (C=O) groups excluding carboxylic acids is 1. The van der Waals surface area contributed by atoms with Crippen LogP contribution in [0.3, 0.4) is 0 Å². The van der Waals surface area contributed by atoms with Gasteiger partial charge in [0.2, 0.25) is 0 Å². The Morgan fingerprint density at radius 3 is 3.06 bits per heavy atom. The molecule has 6 heteroatoms. The fraction of sp³-hybridized carbons (Fsp3) is 0.500. The van der Waals surface area contributed by atoms with E-state index in [2.05, 4.69) is 26.2 Å². The highest BCUT2D eigenvalue weighted by Crippen LogP contribution is 2.19. The second-order valence-corrected chi connectivity index (χ2v) is 5.33. The lowest BCUT2D eigenvalue weighted by Gasteiger charge is -2.16. The number of carbonyl (C=O) groups is 1. The normalized spacial score (nSPS) is 19.1. The number of aryl methyl sites for hydroxylation is 1. The van der Waals surface area contributed by atoms with E-state index in [0.29, 0.717) is 18.9 Å². The van der Waals surface area contributed by atoms with Crippen molar-refractivity contribution in [3.05, 3.63) is 22.3 Å². The van der Waals surface area contributed by atoms with E-state index < -0.39 is 0 Å². The molecular weight excluding hydrogens is 298 g/mol. The number of aliphatic hydroxyl groups is 1. The number of pyridine rings is 1. The summed E-state index contributed by atoms with van der Waals surface area (Å²) >= 11 is 3.37. The smallest absolute Gasteiger partial charge is 0.323 e. The van der Waals surface area contributed by atoms with E-state index >= 15 is 0 Å². The molecule has 1 aliphatic rings. The van der Waals surface area contributed by atoms with Crippen molar-refractivity contribution in [1.29, 1.82) is 0 Å². The van der Waals surface area contributed by atoms with E-state index in [1.54, 1.807) is 11.0 Å². The molecule has 2 heterocycles. The van der Waals surface area contributed by atoms with Crippen LogP contribution >= 0.6 is 15.9 Å². The van der Waals surface area contributed by atoms with Crippen LogP contribution in [-0.2, 0) is 0 Å². The molecule has 0 bridgehead atoms. The molecule has 1 aromatic heterocycles. The largest absolute Gasteiger partial charge is 0.396 e. The lowest BCUT2D eigenvalue weighted by atomic mass is 10.1. The van der Waals surface area contributed by atoms with Gasteiger partial charge in [-0.2, -0.15) is 0 Å². The Morgan fingerprint density at radius 1 is 1.67 bits per heavy atom. The van der Waals surface area contributed by atoms with Crippen molar-refractivity contribution in [3.8, 4) is 0 Å². The number of hydrogen-bond donors (Lipinski definition) is 2. The zero-order valence-corrected chi connectivity index (χ0v) is 11.8. The molecule has 1 fully saturated rings. The van der Waals surface area contributed by atoms with Crippen LogP contribution in [0.1, 0.15) is 12.1 Å². The molecule has 18 heavy (non-hydrogen) atoms. The number of nitrogens with one attached hydrogen (secondary N) is 1. The molecule has 5 nitrogen and oxygen atoms in total. The van der Waals surface area contributed by atoms with Gasteiger partial charge in [0.05, 0.1) is 5.69 Å². The van der Waals surface area contributed by atoms with Crippen LogP contribution in [0.5, 0.6) is 0 Å². The van der Waals surface area contributed by atoms with E-state index in [9.17, 15) is 4.79 Å². The standard InChI is InChI=1S/C12H16BrN3O2/c1-8-10(13)2-3-11(14-8)15-12(18)16-5-4-9(6-16)7-17/h2-3,9,17H,4-7H2,1H3,(H,14,15,18)/t9-/m0/s1. The van der Waals surface area contributed by atoms with Gasteiger partial charge in [0.1, 0.15) is 5.82 Å². The number of amides is 2. The molecule has 0 saturated carbocycles. The fourth-order valence-electron chi connectivity index (χ4n) is 1.97. The van der Waals surface area contributed by atoms with Gasteiger partial charge in [0, 0.05) is 30.1 Å². The summed E-state index contributed by atoms with van der Waals surface area (Å²) in [6.07, 6.45) is 0.858. The Balaban J connectivity index is 1.97. The molecule has 2 rings (SSSR count). The van der Waals surface area contributed by atoms with Gasteiger partial charge in [0.25, 0.3) is 0 Å². The van der Waals surface area contributed by atoms with Crippen molar-refractivity contribution in [3.63, 3.8) is 0 Å². The van der Waals surface area contributed by atoms with Gasteiger partial charge in [-0.25, -0.2) is 9.78 Å². The van der Waals surface area contributed by atoms with E-state index in [-0.39, 0.29) is 18.6 Å². The van der Waals surface area contributed by atoms with Crippen molar-refractivity contribution in [2.24, 2.45) is 5.92 Å². The molecule has 1 atom stereocenters. The van der Waals surface area contributed by atoms with Crippen molar-refractivity contribution in [2.45, 2.75) is 13.3 Å². The lowest BCUT2D eigenvalue weighted by molar-refractivity contribution is 0.208. The van der Waals surface area contributed by atoms with Crippen LogP contribution in [0.15, 0.2) is 16.6 Å². The van der Waals surface area contributed by atoms with Crippen molar-refractivity contribution in [2.75, 3.05) is 25.0 Å². The summed E-state index contributed by atoms with van der Waals surface area (Å²) in [4.78, 5) is 17.9. The summed E-state index contributed by atoms with van der Waals surface area (Å²) < 4.78 is 0.919. The predicted molar refractivity (Wildman–Crippen MR) is 72.5 cm³/mol. The first-order chi connectivity index (χ1) is 8.60. The van der Waals surface area contributed by atoms with Gasteiger partial charge in [0.15, 0.2) is 0 Å². The van der Waals surface area contributed by atoms with Crippen LogP contribution in [0.2, 0.25) is 0 Å². The second kappa shape index (κ2) is 5.67. The Labute approximate surface area is 114 Å². The van der Waals surface area contributed by atoms with E-state index in [1.807, 2.05) is 13.0 Å². The van der Waals surface area contributed by atoms with Gasteiger partial charge in [-0.15, -0.1) is 0 Å². The quantitative estimate of drug-likeness (QED) is 0.877. The highest BCUT2D eigenvalue weighted by Gasteiger charge is 2.25. The minimum absolute atomic E-state index is 0.138. The molecule has 1 aliphatic heterocycles. The highest BCUT2D eigenvalue weighted by atomic mass is 79.9. The molecule has 2 amide bonds. The predicted octanol–water partition coefficient (Wildman–Crippen LogP) is 2.00. The molecule has 0 aromatic carbocycles. The number of aromatic nitrogens is 1. The van der Waals surface area contributed by atoms with Crippen LogP contribution in [0.4, 0.5) is 10.6 Å². The molecule has 98 valence electrons. The molecule has 0 unspecified atom stereocenters. The fourth-order valence-corrected chi connectivity index (χ4v) is 2.19. The first kappa shape index (κ1) is 13.3. The van der Waals surface area contributed by atoms with Gasteiger partial charge in [-0.1, -0.05) is 0 Å². The summed E-state index contributed by atoms with van der Waals surface area (Å²) in [7, 11) is 0. The van der Waals surface area contributed by atoms with Crippen molar-refractivity contribution >= 4 is 27.8 Å². The second-order valence-electron chi connectivity index (χ2n) is 4.48. The third-order valence-electron chi connectivity index (χ3n) is 3.09. The van der Waals surface area contributed by atoms with Crippen molar-refractivity contribution in [1.82, 2.24) is 9.88 Å². The number of urea groups is 1. The van der Waals surface area contributed by atoms with Crippen molar-refractivity contribution < 1.29 is 9.90 Å². The number of rotatable bonds is 2. The van der Waals surface area contributed by atoms with Gasteiger partial charge in [-0.05, 0) is 41.4 Å². The molecule has 1 saturated heterocycles. The average Bonchev–Trinajstić information content (AvgIpc) is 2.82. The van der Waals surface area contributed by atoms with Crippen LogP contribution < -0.4 is 5.32 Å². The SMILES string of the molecule is Cc1nc(NC(=O)N2CC[C@H](CO)C2)ccc1Br. The van der Waals surface area contributed by atoms with Crippen LogP contribution in [0, 0.1) is 12.8 Å². The van der Waals surface area contributed by atoms with Crippen LogP contribution in [0.25, 0.3) is 0 Å². The van der Waals surface area contributed by atoms with Gasteiger partial charge in [-0.3, -0.25) is 5.32 Å². The zero-order valence-electron chi connectivity index (χ0n) is 10.2. The van der Waals surface area contributed by atoms with E-state index in [1.165, 1.54) is 0 Å².